The molecule has 3 heteroatoms. The first-order valence-corrected chi connectivity index (χ1v) is 11.0. The molecule has 1 N–H and O–H groups in total. The molecule has 28 heavy (non-hydrogen) atoms. The van der Waals surface area contributed by atoms with Gasteiger partial charge in [-0.3, -0.25) is 9.59 Å². The molecule has 1 saturated carbocycles. The lowest BCUT2D eigenvalue weighted by Crippen LogP contribution is -2.54. The summed E-state index contributed by atoms with van der Waals surface area (Å²) in [6.45, 7) is 14.3. The Hall–Kier alpha value is -1.64. The SMILES string of the molecule is CC1=CCC[C@H]2[C@]3(C)CC4=C(C(=O)C(NCC(C)C)=CC4=O)[C@]3(C)CC[C@]12C. The van der Waals surface area contributed by atoms with Crippen molar-refractivity contribution in [3.05, 3.63) is 34.6 Å². The van der Waals surface area contributed by atoms with E-state index in [9.17, 15) is 9.59 Å². The fourth-order valence-corrected chi connectivity index (χ4v) is 6.85. The maximum Gasteiger partial charge on any atom is 0.205 e. The summed E-state index contributed by atoms with van der Waals surface area (Å²) in [6, 6.07) is 0. The molecular weight excluding hydrogens is 346 g/mol. The minimum atomic E-state index is -0.212. The van der Waals surface area contributed by atoms with Crippen LogP contribution in [-0.4, -0.2) is 18.1 Å². The smallest absolute Gasteiger partial charge is 0.205 e. The van der Waals surface area contributed by atoms with E-state index in [4.69, 9.17) is 0 Å². The van der Waals surface area contributed by atoms with Gasteiger partial charge in [-0.2, -0.15) is 0 Å². The highest BCUT2D eigenvalue weighted by molar-refractivity contribution is 6.23. The molecule has 0 saturated heterocycles. The Balaban J connectivity index is 1.74. The Morgan fingerprint density at radius 2 is 1.89 bits per heavy atom. The lowest BCUT2D eigenvalue weighted by Gasteiger charge is -2.61. The Labute approximate surface area is 169 Å². The molecular formula is C25H35NO2. The van der Waals surface area contributed by atoms with Crippen molar-refractivity contribution in [2.45, 2.75) is 73.6 Å². The number of carbonyl (C=O) groups is 2. The van der Waals surface area contributed by atoms with Crippen LogP contribution in [0.1, 0.15) is 73.6 Å². The summed E-state index contributed by atoms with van der Waals surface area (Å²) in [6.07, 6.45) is 9.10. The predicted molar refractivity (Wildman–Crippen MR) is 113 cm³/mol. The monoisotopic (exact) mass is 381 g/mol. The highest BCUT2D eigenvalue weighted by Gasteiger charge is 2.66. The van der Waals surface area contributed by atoms with E-state index in [1.807, 2.05) is 0 Å². The van der Waals surface area contributed by atoms with Gasteiger partial charge < -0.3 is 5.32 Å². The average Bonchev–Trinajstić information content (AvgIpc) is 2.88. The summed E-state index contributed by atoms with van der Waals surface area (Å²) in [4.78, 5) is 26.6. The molecule has 0 radical (unpaired) electrons. The summed E-state index contributed by atoms with van der Waals surface area (Å²) in [7, 11) is 0. The number of fused-ring (bicyclic) bond motifs is 4. The van der Waals surface area contributed by atoms with Crippen LogP contribution in [0.15, 0.2) is 34.6 Å². The Bertz CT molecular complexity index is 845. The first-order chi connectivity index (χ1) is 13.0. The van der Waals surface area contributed by atoms with Gasteiger partial charge in [0.1, 0.15) is 0 Å². The van der Waals surface area contributed by atoms with Crippen LogP contribution >= 0.6 is 0 Å². The largest absolute Gasteiger partial charge is 0.382 e. The average molecular weight is 382 g/mol. The molecule has 3 nitrogen and oxygen atoms in total. The van der Waals surface area contributed by atoms with Crippen LogP contribution in [0.25, 0.3) is 0 Å². The van der Waals surface area contributed by atoms with Crippen LogP contribution in [0.5, 0.6) is 0 Å². The lowest BCUT2D eigenvalue weighted by molar-refractivity contribution is -0.118. The van der Waals surface area contributed by atoms with E-state index >= 15 is 0 Å². The first kappa shape index (κ1) is 19.7. The zero-order chi connectivity index (χ0) is 20.5. The first-order valence-electron chi connectivity index (χ1n) is 11.0. The number of carbonyl (C=O) groups excluding carboxylic acids is 2. The van der Waals surface area contributed by atoms with Gasteiger partial charge in [0.05, 0.1) is 5.70 Å². The quantitative estimate of drug-likeness (QED) is 0.544. The molecule has 4 rings (SSSR count). The number of allylic oxidation sites excluding steroid dienone is 5. The normalized spacial score (nSPS) is 40.0. The molecule has 0 heterocycles. The molecule has 4 aliphatic carbocycles. The van der Waals surface area contributed by atoms with Crippen molar-refractivity contribution in [1.29, 1.82) is 0 Å². The zero-order valence-electron chi connectivity index (χ0n) is 18.4. The fourth-order valence-electron chi connectivity index (χ4n) is 6.85. The predicted octanol–water partition coefficient (Wildman–Crippen LogP) is 5.14. The van der Waals surface area contributed by atoms with E-state index < -0.39 is 0 Å². The fraction of sp³-hybridized carbons (Fsp3) is 0.680. The molecule has 0 spiro atoms. The van der Waals surface area contributed by atoms with E-state index in [1.54, 1.807) is 6.08 Å². The number of hydrogen-bond acceptors (Lipinski definition) is 3. The number of hydrogen-bond donors (Lipinski definition) is 1. The topological polar surface area (TPSA) is 46.2 Å². The van der Waals surface area contributed by atoms with Gasteiger partial charge in [0.25, 0.3) is 0 Å². The van der Waals surface area contributed by atoms with Crippen molar-refractivity contribution in [3.63, 3.8) is 0 Å². The second-order valence-corrected chi connectivity index (χ2v) is 10.7. The van der Waals surface area contributed by atoms with E-state index in [-0.39, 0.29) is 27.8 Å². The molecule has 4 atom stereocenters. The Morgan fingerprint density at radius 1 is 1.18 bits per heavy atom. The second-order valence-electron chi connectivity index (χ2n) is 10.7. The maximum atomic E-state index is 13.5. The molecule has 1 fully saturated rings. The number of rotatable bonds is 3. The van der Waals surface area contributed by atoms with Crippen LogP contribution in [0.2, 0.25) is 0 Å². The van der Waals surface area contributed by atoms with Gasteiger partial charge in [-0.15, -0.1) is 0 Å². The lowest BCUT2D eigenvalue weighted by atomic mass is 9.43. The third-order valence-electron chi connectivity index (χ3n) is 8.89. The van der Waals surface area contributed by atoms with Crippen molar-refractivity contribution in [3.8, 4) is 0 Å². The van der Waals surface area contributed by atoms with Crippen molar-refractivity contribution in [2.24, 2.45) is 28.1 Å². The number of nitrogens with one attached hydrogen (secondary N) is 1. The van der Waals surface area contributed by atoms with Crippen LogP contribution in [0.4, 0.5) is 0 Å². The molecule has 0 aromatic heterocycles. The molecule has 152 valence electrons. The summed E-state index contributed by atoms with van der Waals surface area (Å²) in [5.41, 5.74) is 3.61. The highest BCUT2D eigenvalue weighted by Crippen LogP contribution is 2.72. The van der Waals surface area contributed by atoms with Crippen molar-refractivity contribution in [2.75, 3.05) is 6.54 Å². The molecule has 0 aromatic carbocycles. The van der Waals surface area contributed by atoms with E-state index in [0.717, 1.165) is 43.3 Å². The Kier molecular flexibility index (Phi) is 4.34. The minimum absolute atomic E-state index is 0.0349. The van der Waals surface area contributed by atoms with Gasteiger partial charge in [-0.25, -0.2) is 0 Å². The van der Waals surface area contributed by atoms with Crippen LogP contribution < -0.4 is 5.32 Å². The third-order valence-corrected chi connectivity index (χ3v) is 8.89. The maximum absolute atomic E-state index is 13.5. The van der Waals surface area contributed by atoms with E-state index in [0.29, 0.717) is 24.1 Å². The van der Waals surface area contributed by atoms with Gasteiger partial charge in [0, 0.05) is 29.2 Å². The third kappa shape index (κ3) is 2.40. The van der Waals surface area contributed by atoms with Crippen LogP contribution in [-0.2, 0) is 9.59 Å². The van der Waals surface area contributed by atoms with Gasteiger partial charge in [-0.1, -0.05) is 46.3 Å². The zero-order valence-corrected chi connectivity index (χ0v) is 18.4. The summed E-state index contributed by atoms with van der Waals surface area (Å²) in [5.74, 6) is 1.08. The van der Waals surface area contributed by atoms with Gasteiger partial charge in [0.2, 0.25) is 5.78 Å². The Morgan fingerprint density at radius 3 is 2.57 bits per heavy atom. The molecule has 0 unspecified atom stereocenters. The van der Waals surface area contributed by atoms with Gasteiger partial charge >= 0.3 is 0 Å². The van der Waals surface area contributed by atoms with Crippen molar-refractivity contribution >= 4 is 11.6 Å². The van der Waals surface area contributed by atoms with Gasteiger partial charge in [0.15, 0.2) is 5.78 Å². The van der Waals surface area contributed by atoms with E-state index in [1.165, 1.54) is 5.57 Å². The molecule has 0 aliphatic heterocycles. The second kappa shape index (κ2) is 6.18. The minimum Gasteiger partial charge on any atom is -0.382 e. The summed E-state index contributed by atoms with van der Waals surface area (Å²) in [5, 5.41) is 3.26. The molecule has 0 amide bonds. The molecule has 0 bridgehead atoms. The van der Waals surface area contributed by atoms with Crippen LogP contribution in [0.3, 0.4) is 0 Å². The summed E-state index contributed by atoms with van der Waals surface area (Å²) >= 11 is 0. The van der Waals surface area contributed by atoms with Gasteiger partial charge in [-0.05, 0) is 61.7 Å². The molecule has 4 aliphatic rings. The van der Waals surface area contributed by atoms with E-state index in [2.05, 4.69) is 52.9 Å². The van der Waals surface area contributed by atoms with Crippen molar-refractivity contribution < 1.29 is 9.59 Å². The number of ketones is 2. The summed E-state index contributed by atoms with van der Waals surface area (Å²) < 4.78 is 0. The molecule has 0 aromatic rings. The van der Waals surface area contributed by atoms with Crippen LogP contribution in [0, 0.1) is 28.1 Å². The standard InChI is InChI=1S/C25H35NO2/c1-15(2)14-26-18-12-19(27)17-13-25(6)20-9-7-8-16(3)23(20,4)10-11-24(25,5)21(17)22(18)28/h8,12,15,20,26H,7,9-11,13-14H2,1-6H3/t20-,23-,24+,25+/m1/s1. The van der Waals surface area contributed by atoms with Crippen molar-refractivity contribution in [1.82, 2.24) is 5.32 Å². The highest BCUT2D eigenvalue weighted by atomic mass is 16.1. The number of Topliss-reactive ketones (excluding diaryl/α,β-unsaturated/α-hetero) is 1.